The van der Waals surface area contributed by atoms with E-state index in [4.69, 9.17) is 14.2 Å². The van der Waals surface area contributed by atoms with Crippen LogP contribution in [-0.4, -0.2) is 42.8 Å². The maximum absolute atomic E-state index is 14.4. The summed E-state index contributed by atoms with van der Waals surface area (Å²) in [5.41, 5.74) is 3.38. The lowest BCUT2D eigenvalue weighted by Crippen LogP contribution is -2.35. The van der Waals surface area contributed by atoms with Gasteiger partial charge in [0.2, 0.25) is 0 Å². The molecule has 3 aromatic carbocycles. The quantitative estimate of drug-likeness (QED) is 0.268. The number of aryl methyl sites for hydroxylation is 2. The number of ether oxygens (including phenoxy) is 3. The molecule has 198 valence electrons. The van der Waals surface area contributed by atoms with E-state index < -0.39 is 5.82 Å². The van der Waals surface area contributed by atoms with E-state index in [1.165, 1.54) is 6.07 Å². The molecule has 0 aliphatic carbocycles. The molecule has 2 aliphatic rings. The number of carbonyl (C=O) groups excluding carboxylic acids is 1. The minimum absolute atomic E-state index is 0.0583. The van der Waals surface area contributed by atoms with E-state index in [2.05, 4.69) is 4.99 Å². The van der Waals surface area contributed by atoms with Gasteiger partial charge in [-0.2, -0.15) is 0 Å². The van der Waals surface area contributed by atoms with Crippen LogP contribution in [0.3, 0.4) is 0 Å². The smallest absolute Gasteiger partial charge is 0.256 e. The highest BCUT2D eigenvalue weighted by molar-refractivity contribution is 6.03. The molecule has 2 heterocycles. The Labute approximate surface area is 223 Å². The fourth-order valence-corrected chi connectivity index (χ4v) is 4.77. The van der Waals surface area contributed by atoms with Crippen LogP contribution in [0.25, 0.3) is 0 Å². The fourth-order valence-electron chi connectivity index (χ4n) is 4.77. The molecule has 1 atom stereocenters. The van der Waals surface area contributed by atoms with Gasteiger partial charge in [-0.25, -0.2) is 4.39 Å². The fraction of sp³-hybridized carbons (Fsp3) is 0.355. The van der Waals surface area contributed by atoms with E-state index in [-0.39, 0.29) is 17.7 Å². The van der Waals surface area contributed by atoms with Crippen LogP contribution in [-0.2, 0) is 0 Å². The standard InChI is InChI=1S/C31H33FN2O4/c1-21-8-10-24(11-9-21)38-29-13-12-25(18-27(29)32)36-15-4-3-5-16-37-30-19-28-26(17-22(30)2)31(35)34-14-6-7-23(34)20-33-28/h8-13,17-20,23H,3-7,14-16H2,1-2H3/t23-/m0/s1. The molecule has 0 spiro atoms. The Hall–Kier alpha value is -3.87. The zero-order valence-electron chi connectivity index (χ0n) is 21.9. The lowest BCUT2D eigenvalue weighted by molar-refractivity contribution is 0.0774. The Balaban J connectivity index is 1.05. The number of nitrogens with zero attached hydrogens (tertiary/aromatic N) is 2. The minimum Gasteiger partial charge on any atom is -0.493 e. The normalized spacial score (nSPS) is 16.1. The molecule has 5 rings (SSSR count). The largest absolute Gasteiger partial charge is 0.493 e. The van der Waals surface area contributed by atoms with Crippen LogP contribution in [0.15, 0.2) is 59.6 Å². The van der Waals surface area contributed by atoms with Gasteiger partial charge in [0.05, 0.1) is 30.5 Å². The molecule has 0 bridgehead atoms. The monoisotopic (exact) mass is 516 g/mol. The third-order valence-corrected chi connectivity index (χ3v) is 6.94. The molecule has 38 heavy (non-hydrogen) atoms. The number of fused-ring (bicyclic) bond motifs is 2. The number of hydrogen-bond acceptors (Lipinski definition) is 5. The van der Waals surface area contributed by atoms with Crippen molar-refractivity contribution in [3.05, 3.63) is 77.1 Å². The van der Waals surface area contributed by atoms with Crippen LogP contribution in [0.4, 0.5) is 10.1 Å². The van der Waals surface area contributed by atoms with Crippen molar-refractivity contribution in [2.75, 3.05) is 19.8 Å². The van der Waals surface area contributed by atoms with Crippen molar-refractivity contribution in [2.45, 2.75) is 52.0 Å². The Bertz CT molecular complexity index is 1320. The first-order valence-corrected chi connectivity index (χ1v) is 13.3. The van der Waals surface area contributed by atoms with Gasteiger partial charge in [0.15, 0.2) is 11.6 Å². The predicted molar refractivity (Wildman–Crippen MR) is 146 cm³/mol. The van der Waals surface area contributed by atoms with Crippen LogP contribution in [0.2, 0.25) is 0 Å². The summed E-state index contributed by atoms with van der Waals surface area (Å²) < 4.78 is 31.8. The molecule has 2 aliphatic heterocycles. The summed E-state index contributed by atoms with van der Waals surface area (Å²) in [6, 6.07) is 16.0. The number of hydrogen-bond donors (Lipinski definition) is 0. The molecule has 1 amide bonds. The Kier molecular flexibility index (Phi) is 7.91. The van der Waals surface area contributed by atoms with Crippen LogP contribution in [0.5, 0.6) is 23.0 Å². The molecular formula is C31H33FN2O4. The molecule has 0 saturated carbocycles. The molecule has 6 nitrogen and oxygen atoms in total. The number of benzene rings is 3. The van der Waals surface area contributed by atoms with Crippen molar-refractivity contribution in [3.8, 4) is 23.0 Å². The number of unbranched alkanes of at least 4 members (excludes halogenated alkanes) is 2. The average Bonchev–Trinajstić information content (AvgIpc) is 3.34. The highest BCUT2D eigenvalue weighted by Gasteiger charge is 2.32. The number of aliphatic imine (C=N–C) groups is 1. The summed E-state index contributed by atoms with van der Waals surface area (Å²) in [4.78, 5) is 19.4. The van der Waals surface area contributed by atoms with Crippen LogP contribution >= 0.6 is 0 Å². The van der Waals surface area contributed by atoms with Gasteiger partial charge in [0, 0.05) is 24.9 Å². The second-order valence-corrected chi connectivity index (χ2v) is 9.89. The number of halogens is 1. The first-order chi connectivity index (χ1) is 18.5. The van der Waals surface area contributed by atoms with Crippen molar-refractivity contribution >= 4 is 17.8 Å². The van der Waals surface area contributed by atoms with Gasteiger partial charge < -0.3 is 19.1 Å². The van der Waals surface area contributed by atoms with Gasteiger partial charge in [-0.3, -0.25) is 9.79 Å². The lowest BCUT2D eigenvalue weighted by atomic mass is 10.1. The highest BCUT2D eigenvalue weighted by Crippen LogP contribution is 2.34. The van der Waals surface area contributed by atoms with E-state index in [1.807, 2.05) is 61.4 Å². The summed E-state index contributed by atoms with van der Waals surface area (Å²) >= 11 is 0. The molecular weight excluding hydrogens is 483 g/mol. The zero-order valence-corrected chi connectivity index (χ0v) is 21.9. The van der Waals surface area contributed by atoms with E-state index in [0.29, 0.717) is 36.0 Å². The molecule has 1 saturated heterocycles. The van der Waals surface area contributed by atoms with Crippen LogP contribution < -0.4 is 14.2 Å². The van der Waals surface area contributed by atoms with Crippen molar-refractivity contribution in [2.24, 2.45) is 4.99 Å². The maximum atomic E-state index is 14.4. The van der Waals surface area contributed by atoms with Crippen LogP contribution in [0.1, 0.15) is 53.6 Å². The first kappa shape index (κ1) is 25.8. The zero-order chi connectivity index (χ0) is 26.5. The van der Waals surface area contributed by atoms with Crippen molar-refractivity contribution in [1.82, 2.24) is 4.90 Å². The second kappa shape index (κ2) is 11.7. The molecule has 1 fully saturated rings. The van der Waals surface area contributed by atoms with Crippen molar-refractivity contribution in [1.29, 1.82) is 0 Å². The molecule has 7 heteroatoms. The van der Waals surface area contributed by atoms with Gasteiger partial charge in [-0.15, -0.1) is 0 Å². The Morgan fingerprint density at radius 2 is 1.68 bits per heavy atom. The lowest BCUT2D eigenvalue weighted by Gasteiger charge is -2.20. The van der Waals surface area contributed by atoms with Crippen molar-refractivity contribution in [3.63, 3.8) is 0 Å². The summed E-state index contributed by atoms with van der Waals surface area (Å²) in [7, 11) is 0. The van der Waals surface area contributed by atoms with Gasteiger partial charge in [-0.1, -0.05) is 17.7 Å². The summed E-state index contributed by atoms with van der Waals surface area (Å²) in [6.45, 7) is 5.79. The Morgan fingerprint density at radius 1 is 0.921 bits per heavy atom. The van der Waals surface area contributed by atoms with E-state index in [0.717, 1.165) is 55.5 Å². The third-order valence-electron chi connectivity index (χ3n) is 6.94. The van der Waals surface area contributed by atoms with Gasteiger partial charge in [0.1, 0.15) is 17.2 Å². The number of carbonyl (C=O) groups is 1. The molecule has 0 N–H and O–H groups in total. The van der Waals surface area contributed by atoms with E-state index >= 15 is 0 Å². The molecule has 0 unspecified atom stereocenters. The summed E-state index contributed by atoms with van der Waals surface area (Å²) in [5.74, 6) is 1.60. The van der Waals surface area contributed by atoms with Gasteiger partial charge in [0.25, 0.3) is 5.91 Å². The molecule has 0 radical (unpaired) electrons. The average molecular weight is 517 g/mol. The van der Waals surface area contributed by atoms with E-state index in [1.54, 1.807) is 12.1 Å². The second-order valence-electron chi connectivity index (χ2n) is 9.89. The third kappa shape index (κ3) is 5.98. The number of rotatable bonds is 10. The van der Waals surface area contributed by atoms with E-state index in [9.17, 15) is 9.18 Å². The number of amides is 1. The Morgan fingerprint density at radius 3 is 2.47 bits per heavy atom. The molecule has 0 aromatic heterocycles. The minimum atomic E-state index is -0.459. The topological polar surface area (TPSA) is 60.4 Å². The maximum Gasteiger partial charge on any atom is 0.256 e. The highest BCUT2D eigenvalue weighted by atomic mass is 19.1. The molecule has 3 aromatic rings. The van der Waals surface area contributed by atoms with Crippen molar-refractivity contribution < 1.29 is 23.4 Å². The SMILES string of the molecule is Cc1ccc(Oc2ccc(OCCCCCOc3cc4c(cc3C)C(=O)N3CCC[C@H]3C=N4)cc2F)cc1. The predicted octanol–water partition coefficient (Wildman–Crippen LogP) is 7.18. The van der Waals surface area contributed by atoms with Crippen LogP contribution in [0, 0.1) is 19.7 Å². The van der Waals surface area contributed by atoms with Gasteiger partial charge >= 0.3 is 0 Å². The summed E-state index contributed by atoms with van der Waals surface area (Å²) in [5, 5.41) is 0. The van der Waals surface area contributed by atoms with Gasteiger partial charge in [-0.05, 0) is 81.8 Å². The first-order valence-electron chi connectivity index (χ1n) is 13.3. The summed E-state index contributed by atoms with van der Waals surface area (Å²) in [6.07, 6.45) is 6.48.